The molecule has 2 aromatic carbocycles. The summed E-state index contributed by atoms with van der Waals surface area (Å²) < 4.78 is 16.2. The van der Waals surface area contributed by atoms with Gasteiger partial charge in [0.1, 0.15) is 11.5 Å². The summed E-state index contributed by atoms with van der Waals surface area (Å²) in [6, 6.07) is 12.1. The average molecular weight is 470 g/mol. The Morgan fingerprint density at radius 3 is 2.33 bits per heavy atom. The third-order valence-corrected chi connectivity index (χ3v) is 5.65. The lowest BCUT2D eigenvalue weighted by atomic mass is 10.1. The van der Waals surface area contributed by atoms with Crippen LogP contribution in [-0.4, -0.2) is 41.9 Å². The van der Waals surface area contributed by atoms with E-state index in [0.717, 1.165) is 31.0 Å². The van der Waals surface area contributed by atoms with E-state index in [1.165, 1.54) is 0 Å². The van der Waals surface area contributed by atoms with Crippen molar-refractivity contribution in [1.82, 2.24) is 10.2 Å². The van der Waals surface area contributed by atoms with Gasteiger partial charge < -0.3 is 19.2 Å². The molecule has 33 heavy (non-hydrogen) atoms. The minimum atomic E-state index is -0.0800. The summed E-state index contributed by atoms with van der Waals surface area (Å²) in [6.45, 7) is 2.10. The molecule has 0 saturated heterocycles. The summed E-state index contributed by atoms with van der Waals surface area (Å²) in [4.78, 5) is 24.5. The topological polar surface area (TPSA) is 104 Å². The van der Waals surface area contributed by atoms with Crippen LogP contribution in [0.1, 0.15) is 43.0 Å². The second-order valence-corrected chi connectivity index (χ2v) is 8.20. The number of nitrogens with one attached hydrogen (secondary N) is 1. The smallest absolute Gasteiger partial charge is 0.277 e. The zero-order chi connectivity index (χ0) is 23.6. The predicted octanol–water partition coefficient (Wildman–Crippen LogP) is 5.25. The fourth-order valence-electron chi connectivity index (χ4n) is 3.02. The van der Waals surface area contributed by atoms with Crippen LogP contribution >= 0.6 is 11.8 Å². The molecule has 0 aliphatic rings. The van der Waals surface area contributed by atoms with Gasteiger partial charge in [0.25, 0.3) is 5.22 Å². The number of anilines is 1. The molecule has 0 bridgehead atoms. The molecule has 0 unspecified atom stereocenters. The van der Waals surface area contributed by atoms with Crippen LogP contribution in [0, 0.1) is 0 Å². The van der Waals surface area contributed by atoms with E-state index in [2.05, 4.69) is 22.4 Å². The van der Waals surface area contributed by atoms with Gasteiger partial charge in [-0.2, -0.15) is 0 Å². The van der Waals surface area contributed by atoms with Gasteiger partial charge in [-0.25, -0.2) is 0 Å². The summed E-state index contributed by atoms with van der Waals surface area (Å²) in [5.74, 6) is 1.56. The molecule has 9 heteroatoms. The molecule has 1 heterocycles. The fourth-order valence-corrected chi connectivity index (χ4v) is 3.68. The number of unbranched alkanes of at least 4 members (excludes halogenated alkanes) is 2. The number of nitrogens with zero attached hydrogens (tertiary/aromatic N) is 2. The van der Waals surface area contributed by atoms with Crippen LogP contribution in [0.25, 0.3) is 11.5 Å². The summed E-state index contributed by atoms with van der Waals surface area (Å²) in [5, 5.41) is 11.2. The zero-order valence-electron chi connectivity index (χ0n) is 18.9. The minimum absolute atomic E-state index is 0.0149. The first-order valence-corrected chi connectivity index (χ1v) is 11.6. The lowest BCUT2D eigenvalue weighted by molar-refractivity contribution is -0.116. The van der Waals surface area contributed by atoms with Gasteiger partial charge in [0, 0.05) is 29.3 Å². The van der Waals surface area contributed by atoms with Crippen LogP contribution in [0.2, 0.25) is 0 Å². The quantitative estimate of drug-likeness (QED) is 0.218. The van der Waals surface area contributed by atoms with E-state index in [9.17, 15) is 9.59 Å². The normalized spacial score (nSPS) is 10.6. The molecule has 3 aromatic rings. The summed E-state index contributed by atoms with van der Waals surface area (Å²) in [5.41, 5.74) is 1.88. The van der Waals surface area contributed by atoms with Gasteiger partial charge in [-0.3, -0.25) is 9.59 Å². The molecule has 0 fully saturated rings. The van der Waals surface area contributed by atoms with E-state index in [0.29, 0.717) is 40.6 Å². The molecule has 3 rings (SSSR count). The van der Waals surface area contributed by atoms with Crippen LogP contribution in [0.3, 0.4) is 0 Å². The first-order chi connectivity index (χ1) is 16.0. The van der Waals surface area contributed by atoms with Crippen molar-refractivity contribution < 1.29 is 23.5 Å². The standard InChI is InChI=1S/C24H27N3O5S/c1-4-5-6-7-22(29)25-18-10-8-16(9-11-18)21(28)15-33-24-27-26-23(32-24)17-12-19(30-2)14-20(13-17)31-3/h8-14H,4-7,15H2,1-3H3,(H,25,29). The highest BCUT2D eigenvalue weighted by molar-refractivity contribution is 7.99. The monoisotopic (exact) mass is 469 g/mol. The van der Waals surface area contributed by atoms with E-state index < -0.39 is 0 Å². The molecule has 1 amide bonds. The highest BCUT2D eigenvalue weighted by Gasteiger charge is 2.14. The number of ketones is 1. The molecule has 0 saturated carbocycles. The lowest BCUT2D eigenvalue weighted by Crippen LogP contribution is -2.11. The number of aromatic nitrogens is 2. The number of ether oxygens (including phenoxy) is 2. The number of thioether (sulfide) groups is 1. The second-order valence-electron chi connectivity index (χ2n) is 7.27. The molecule has 174 valence electrons. The first-order valence-electron chi connectivity index (χ1n) is 10.6. The number of amides is 1. The maximum atomic E-state index is 12.5. The van der Waals surface area contributed by atoms with Gasteiger partial charge in [0.15, 0.2) is 5.78 Å². The molecule has 0 aliphatic carbocycles. The van der Waals surface area contributed by atoms with Crippen molar-refractivity contribution >= 4 is 29.1 Å². The molecular formula is C24H27N3O5S. The Hall–Kier alpha value is -3.33. The first kappa shape index (κ1) is 24.3. The van der Waals surface area contributed by atoms with Crippen LogP contribution in [0.5, 0.6) is 11.5 Å². The number of carbonyl (C=O) groups excluding carboxylic acids is 2. The second kappa shape index (κ2) is 12.1. The number of methoxy groups -OCH3 is 2. The summed E-state index contributed by atoms with van der Waals surface area (Å²) >= 11 is 1.16. The Balaban J connectivity index is 1.55. The van der Waals surface area contributed by atoms with Crippen molar-refractivity contribution in [3.8, 4) is 23.0 Å². The van der Waals surface area contributed by atoms with Crippen LogP contribution < -0.4 is 14.8 Å². The Morgan fingerprint density at radius 1 is 1.00 bits per heavy atom. The molecule has 0 spiro atoms. The number of carbonyl (C=O) groups is 2. The average Bonchev–Trinajstić information content (AvgIpc) is 3.32. The largest absolute Gasteiger partial charge is 0.497 e. The maximum absolute atomic E-state index is 12.5. The van der Waals surface area contributed by atoms with E-state index in [1.54, 1.807) is 56.7 Å². The van der Waals surface area contributed by atoms with Crippen molar-refractivity contribution in [1.29, 1.82) is 0 Å². The van der Waals surface area contributed by atoms with Crippen molar-refractivity contribution in [3.63, 3.8) is 0 Å². The Kier molecular flexibility index (Phi) is 8.88. The van der Waals surface area contributed by atoms with Crippen LogP contribution in [0.4, 0.5) is 5.69 Å². The van der Waals surface area contributed by atoms with Crippen molar-refractivity contribution in [2.24, 2.45) is 0 Å². The number of Topliss-reactive ketones (excluding diaryl/α,β-unsaturated/α-hetero) is 1. The highest BCUT2D eigenvalue weighted by Crippen LogP contribution is 2.30. The molecule has 1 N–H and O–H groups in total. The van der Waals surface area contributed by atoms with Crippen molar-refractivity contribution in [3.05, 3.63) is 48.0 Å². The van der Waals surface area contributed by atoms with Gasteiger partial charge in [0.05, 0.1) is 20.0 Å². The van der Waals surface area contributed by atoms with E-state index in [4.69, 9.17) is 13.9 Å². The van der Waals surface area contributed by atoms with Crippen LogP contribution in [-0.2, 0) is 4.79 Å². The summed E-state index contributed by atoms with van der Waals surface area (Å²) in [7, 11) is 3.13. The molecule has 0 aliphatic heterocycles. The lowest BCUT2D eigenvalue weighted by Gasteiger charge is -2.06. The van der Waals surface area contributed by atoms with E-state index in [-0.39, 0.29) is 22.7 Å². The number of hydrogen-bond acceptors (Lipinski definition) is 8. The fraction of sp³-hybridized carbons (Fsp3) is 0.333. The molecular weight excluding hydrogens is 442 g/mol. The van der Waals surface area contributed by atoms with Crippen molar-refractivity contribution in [2.75, 3.05) is 25.3 Å². The highest BCUT2D eigenvalue weighted by atomic mass is 32.2. The van der Waals surface area contributed by atoms with Gasteiger partial charge in [0.2, 0.25) is 11.8 Å². The minimum Gasteiger partial charge on any atom is -0.497 e. The number of rotatable bonds is 12. The van der Waals surface area contributed by atoms with E-state index in [1.807, 2.05) is 0 Å². The Labute approximate surface area is 197 Å². The summed E-state index contributed by atoms with van der Waals surface area (Å²) in [6.07, 6.45) is 3.48. The maximum Gasteiger partial charge on any atom is 0.277 e. The Morgan fingerprint density at radius 2 is 1.70 bits per heavy atom. The molecule has 0 atom stereocenters. The van der Waals surface area contributed by atoms with Gasteiger partial charge in [-0.1, -0.05) is 31.5 Å². The van der Waals surface area contributed by atoms with Gasteiger partial charge >= 0.3 is 0 Å². The molecule has 1 aromatic heterocycles. The SMILES string of the molecule is CCCCCC(=O)Nc1ccc(C(=O)CSc2nnc(-c3cc(OC)cc(OC)c3)o2)cc1. The number of benzene rings is 2. The van der Waals surface area contributed by atoms with Crippen LogP contribution in [0.15, 0.2) is 52.1 Å². The zero-order valence-corrected chi connectivity index (χ0v) is 19.7. The Bertz CT molecular complexity index is 1060. The predicted molar refractivity (Wildman–Crippen MR) is 127 cm³/mol. The van der Waals surface area contributed by atoms with E-state index >= 15 is 0 Å². The van der Waals surface area contributed by atoms with Gasteiger partial charge in [-0.15, -0.1) is 10.2 Å². The van der Waals surface area contributed by atoms with Gasteiger partial charge in [-0.05, 0) is 42.8 Å². The third-order valence-electron chi connectivity index (χ3n) is 4.83. The van der Waals surface area contributed by atoms with Crippen molar-refractivity contribution in [2.45, 2.75) is 37.8 Å². The third kappa shape index (κ3) is 7.08. The molecule has 8 nitrogen and oxygen atoms in total. The number of hydrogen-bond donors (Lipinski definition) is 1. The molecule has 0 radical (unpaired) electrons.